The smallest absolute Gasteiger partial charge is 0.260 e. The van der Waals surface area contributed by atoms with Crippen LogP contribution in [0.1, 0.15) is 17.5 Å². The summed E-state index contributed by atoms with van der Waals surface area (Å²) in [6.45, 7) is 6.26. The number of carbonyl (C=O) groups excluding carboxylic acids is 1. The summed E-state index contributed by atoms with van der Waals surface area (Å²) in [6, 6.07) is 16.2. The summed E-state index contributed by atoms with van der Waals surface area (Å²) >= 11 is 1.75. The Morgan fingerprint density at radius 3 is 2.61 bits per heavy atom. The molecule has 2 heterocycles. The second-order valence-corrected chi connectivity index (χ2v) is 8.10. The molecule has 6 heteroatoms. The Morgan fingerprint density at radius 1 is 1.07 bits per heavy atom. The Balaban J connectivity index is 1.27. The molecule has 0 saturated carbocycles. The highest BCUT2D eigenvalue weighted by Crippen LogP contribution is 2.23. The zero-order valence-electron chi connectivity index (χ0n) is 16.1. The van der Waals surface area contributed by atoms with Crippen LogP contribution in [0.2, 0.25) is 0 Å². The number of thiazole rings is 1. The van der Waals surface area contributed by atoms with Gasteiger partial charge in [0.15, 0.2) is 6.61 Å². The van der Waals surface area contributed by atoms with E-state index in [0.717, 1.165) is 61.0 Å². The van der Waals surface area contributed by atoms with Crippen LogP contribution < -0.4 is 4.74 Å². The third kappa shape index (κ3) is 4.34. The van der Waals surface area contributed by atoms with Crippen molar-refractivity contribution < 1.29 is 9.53 Å². The van der Waals surface area contributed by atoms with Gasteiger partial charge in [-0.15, -0.1) is 11.3 Å². The number of carbonyl (C=O) groups is 1. The lowest BCUT2D eigenvalue weighted by Gasteiger charge is -2.34. The highest BCUT2D eigenvalue weighted by atomic mass is 32.1. The van der Waals surface area contributed by atoms with Crippen LogP contribution in [0.15, 0.2) is 48.5 Å². The summed E-state index contributed by atoms with van der Waals surface area (Å²) < 4.78 is 7.02. The first-order valence-corrected chi connectivity index (χ1v) is 10.6. The number of nitrogens with zero attached hydrogens (tertiary/aromatic N) is 3. The third-order valence-corrected chi connectivity index (χ3v) is 6.15. The summed E-state index contributed by atoms with van der Waals surface area (Å²) in [7, 11) is 0. The van der Waals surface area contributed by atoms with Crippen LogP contribution in [0.5, 0.6) is 5.75 Å². The SMILES string of the molecule is CCc1ccccc1OCC(=O)N1CCN(Cc2nc3ccccc3s2)CC1. The van der Waals surface area contributed by atoms with Crippen LogP contribution in [-0.4, -0.2) is 53.5 Å². The van der Waals surface area contributed by atoms with E-state index in [1.807, 2.05) is 35.2 Å². The van der Waals surface area contributed by atoms with Crippen LogP contribution in [0.25, 0.3) is 10.2 Å². The van der Waals surface area contributed by atoms with Crippen molar-refractivity contribution in [2.45, 2.75) is 19.9 Å². The minimum absolute atomic E-state index is 0.0607. The van der Waals surface area contributed by atoms with Crippen molar-refractivity contribution in [2.75, 3.05) is 32.8 Å². The van der Waals surface area contributed by atoms with E-state index in [4.69, 9.17) is 9.72 Å². The number of hydrogen-bond acceptors (Lipinski definition) is 5. The van der Waals surface area contributed by atoms with Crippen molar-refractivity contribution in [2.24, 2.45) is 0 Å². The quantitative estimate of drug-likeness (QED) is 0.640. The van der Waals surface area contributed by atoms with Gasteiger partial charge >= 0.3 is 0 Å². The normalized spacial score (nSPS) is 15.1. The number of ether oxygens (including phenoxy) is 1. The first kappa shape index (κ1) is 18.9. The van der Waals surface area contributed by atoms with Gasteiger partial charge in [0.05, 0.1) is 16.8 Å². The van der Waals surface area contributed by atoms with E-state index in [0.29, 0.717) is 0 Å². The molecule has 1 aliphatic rings. The van der Waals surface area contributed by atoms with Gasteiger partial charge in [0.25, 0.3) is 5.91 Å². The second-order valence-electron chi connectivity index (χ2n) is 6.98. The monoisotopic (exact) mass is 395 g/mol. The highest BCUT2D eigenvalue weighted by molar-refractivity contribution is 7.18. The molecule has 0 radical (unpaired) electrons. The third-order valence-electron chi connectivity index (χ3n) is 5.13. The summed E-state index contributed by atoms with van der Waals surface area (Å²) in [6.07, 6.45) is 0.898. The topological polar surface area (TPSA) is 45.7 Å². The van der Waals surface area contributed by atoms with Gasteiger partial charge in [0, 0.05) is 26.2 Å². The molecule has 28 heavy (non-hydrogen) atoms. The Bertz CT molecular complexity index is 915. The lowest BCUT2D eigenvalue weighted by Crippen LogP contribution is -2.49. The molecule has 146 valence electrons. The summed E-state index contributed by atoms with van der Waals surface area (Å²) in [5, 5.41) is 1.14. The zero-order valence-corrected chi connectivity index (χ0v) is 17.0. The van der Waals surface area contributed by atoms with Crippen molar-refractivity contribution in [1.29, 1.82) is 0 Å². The number of hydrogen-bond donors (Lipinski definition) is 0. The van der Waals surface area contributed by atoms with Crippen molar-refractivity contribution in [3.05, 3.63) is 59.1 Å². The van der Waals surface area contributed by atoms with E-state index >= 15 is 0 Å². The lowest BCUT2D eigenvalue weighted by atomic mass is 10.1. The van der Waals surface area contributed by atoms with Gasteiger partial charge in [-0.2, -0.15) is 0 Å². The van der Waals surface area contributed by atoms with E-state index in [-0.39, 0.29) is 12.5 Å². The number of piperazine rings is 1. The number of aryl methyl sites for hydroxylation is 1. The van der Waals surface area contributed by atoms with E-state index in [2.05, 4.69) is 30.0 Å². The van der Waals surface area contributed by atoms with Gasteiger partial charge in [-0.05, 0) is 30.2 Å². The minimum atomic E-state index is 0.0607. The molecule has 0 spiro atoms. The van der Waals surface area contributed by atoms with E-state index in [9.17, 15) is 4.79 Å². The fourth-order valence-corrected chi connectivity index (χ4v) is 4.51. The van der Waals surface area contributed by atoms with Gasteiger partial charge in [-0.1, -0.05) is 37.3 Å². The van der Waals surface area contributed by atoms with Gasteiger partial charge in [-0.3, -0.25) is 9.69 Å². The predicted molar refractivity (Wildman–Crippen MR) is 113 cm³/mol. The summed E-state index contributed by atoms with van der Waals surface area (Å²) in [4.78, 5) is 21.5. The molecule has 2 aromatic carbocycles. The molecular formula is C22H25N3O2S. The molecule has 0 aliphatic carbocycles. The Hall–Kier alpha value is -2.44. The van der Waals surface area contributed by atoms with Crippen LogP contribution in [0.4, 0.5) is 0 Å². The van der Waals surface area contributed by atoms with Gasteiger partial charge in [0.1, 0.15) is 10.8 Å². The molecule has 0 bridgehead atoms. The van der Waals surface area contributed by atoms with E-state index < -0.39 is 0 Å². The van der Waals surface area contributed by atoms with Gasteiger partial charge in [-0.25, -0.2) is 4.98 Å². The second kappa shape index (κ2) is 8.71. The molecule has 3 aromatic rings. The molecule has 0 atom stereocenters. The maximum Gasteiger partial charge on any atom is 0.260 e. The first-order chi connectivity index (χ1) is 13.7. The average molecular weight is 396 g/mol. The van der Waals surface area contributed by atoms with Crippen molar-refractivity contribution >= 4 is 27.5 Å². The minimum Gasteiger partial charge on any atom is -0.483 e. The van der Waals surface area contributed by atoms with E-state index in [1.54, 1.807) is 11.3 Å². The molecular weight excluding hydrogens is 370 g/mol. The molecule has 5 nitrogen and oxygen atoms in total. The number of para-hydroxylation sites is 2. The molecule has 1 saturated heterocycles. The average Bonchev–Trinajstić information content (AvgIpc) is 3.15. The van der Waals surface area contributed by atoms with E-state index in [1.165, 1.54) is 4.70 Å². The Morgan fingerprint density at radius 2 is 1.82 bits per heavy atom. The molecule has 1 fully saturated rings. The standard InChI is InChI=1S/C22H25N3O2S/c1-2-17-7-3-5-9-19(17)27-16-22(26)25-13-11-24(12-14-25)15-21-23-18-8-4-6-10-20(18)28-21/h3-10H,2,11-16H2,1H3. The van der Waals surface area contributed by atoms with Gasteiger partial charge in [0.2, 0.25) is 0 Å². The molecule has 1 aromatic heterocycles. The largest absolute Gasteiger partial charge is 0.483 e. The number of fused-ring (bicyclic) bond motifs is 1. The summed E-state index contributed by atoms with van der Waals surface area (Å²) in [5.74, 6) is 0.873. The summed E-state index contributed by atoms with van der Waals surface area (Å²) in [5.41, 5.74) is 2.21. The van der Waals surface area contributed by atoms with Crippen LogP contribution in [0, 0.1) is 0 Å². The lowest BCUT2D eigenvalue weighted by molar-refractivity contribution is -0.135. The zero-order chi connectivity index (χ0) is 19.3. The van der Waals surface area contributed by atoms with Crippen LogP contribution in [0.3, 0.4) is 0 Å². The molecule has 4 rings (SSSR count). The number of amides is 1. The molecule has 0 unspecified atom stereocenters. The van der Waals surface area contributed by atoms with Crippen molar-refractivity contribution in [1.82, 2.24) is 14.8 Å². The Labute approximate surface area is 169 Å². The predicted octanol–water partition coefficient (Wildman–Crippen LogP) is 3.58. The number of benzene rings is 2. The fraction of sp³-hybridized carbons (Fsp3) is 0.364. The number of rotatable bonds is 6. The molecule has 1 aliphatic heterocycles. The molecule has 1 amide bonds. The molecule has 0 N–H and O–H groups in total. The maximum absolute atomic E-state index is 12.5. The number of aromatic nitrogens is 1. The maximum atomic E-state index is 12.5. The van der Waals surface area contributed by atoms with Crippen LogP contribution in [-0.2, 0) is 17.8 Å². The van der Waals surface area contributed by atoms with Crippen molar-refractivity contribution in [3.8, 4) is 5.75 Å². The fourth-order valence-electron chi connectivity index (χ4n) is 3.50. The van der Waals surface area contributed by atoms with Gasteiger partial charge < -0.3 is 9.64 Å². The van der Waals surface area contributed by atoms with Crippen molar-refractivity contribution in [3.63, 3.8) is 0 Å². The van der Waals surface area contributed by atoms with Crippen LogP contribution >= 0.6 is 11.3 Å². The highest BCUT2D eigenvalue weighted by Gasteiger charge is 2.22. The first-order valence-electron chi connectivity index (χ1n) is 9.78. The Kier molecular flexibility index (Phi) is 5.88.